The van der Waals surface area contributed by atoms with Gasteiger partial charge in [0.25, 0.3) is 0 Å². The van der Waals surface area contributed by atoms with Crippen LogP contribution in [0.2, 0.25) is 5.02 Å². The Hall–Kier alpha value is -1.76. The number of halogens is 4. The van der Waals surface area contributed by atoms with Gasteiger partial charge >= 0.3 is 6.18 Å². The minimum Gasteiger partial charge on any atom is -0.355 e. The van der Waals surface area contributed by atoms with Gasteiger partial charge in [0.2, 0.25) is 11.8 Å². The van der Waals surface area contributed by atoms with Crippen molar-refractivity contribution >= 4 is 23.4 Å². The molecule has 8 heteroatoms. The van der Waals surface area contributed by atoms with Crippen LogP contribution < -0.4 is 10.6 Å². The Morgan fingerprint density at radius 3 is 2.57 bits per heavy atom. The van der Waals surface area contributed by atoms with Crippen molar-refractivity contribution in [2.75, 3.05) is 6.54 Å². The molecule has 1 heterocycles. The first kappa shape index (κ1) is 16.1. The zero-order valence-electron chi connectivity index (χ0n) is 12.0. The lowest BCUT2D eigenvalue weighted by Gasteiger charge is -2.22. The molecule has 23 heavy (non-hydrogen) atoms. The molecule has 1 aliphatic heterocycles. The van der Waals surface area contributed by atoms with Gasteiger partial charge in [0, 0.05) is 18.0 Å². The number of amides is 2. The Bertz CT molecular complexity index is 671. The lowest BCUT2D eigenvalue weighted by Crippen LogP contribution is -2.40. The largest absolute Gasteiger partial charge is 0.416 e. The lowest BCUT2D eigenvalue weighted by atomic mass is 9.99. The van der Waals surface area contributed by atoms with E-state index in [0.29, 0.717) is 12.8 Å². The third kappa shape index (κ3) is 3.15. The average Bonchev–Trinajstić information content (AvgIpc) is 3.09. The highest BCUT2D eigenvalue weighted by Gasteiger charge is 2.49. The van der Waals surface area contributed by atoms with Gasteiger partial charge in [0.05, 0.1) is 17.0 Å². The molecule has 2 amide bonds. The van der Waals surface area contributed by atoms with E-state index in [2.05, 4.69) is 10.6 Å². The molecule has 1 aromatic rings. The molecule has 0 radical (unpaired) electrons. The van der Waals surface area contributed by atoms with Gasteiger partial charge in [-0.25, -0.2) is 0 Å². The maximum atomic E-state index is 12.9. The van der Waals surface area contributed by atoms with Crippen LogP contribution in [0.25, 0.3) is 0 Å². The molecule has 1 aliphatic carbocycles. The van der Waals surface area contributed by atoms with Crippen molar-refractivity contribution < 1.29 is 22.8 Å². The first-order valence-corrected chi connectivity index (χ1v) is 7.55. The predicted octanol–water partition coefficient (Wildman–Crippen LogP) is 2.60. The third-order valence-corrected chi connectivity index (χ3v) is 4.60. The number of alkyl halides is 3. The molecule has 1 saturated heterocycles. The van der Waals surface area contributed by atoms with Crippen LogP contribution in [0.3, 0.4) is 0 Å². The maximum absolute atomic E-state index is 12.9. The van der Waals surface area contributed by atoms with E-state index in [1.165, 1.54) is 6.07 Å². The number of hydrogen-bond acceptors (Lipinski definition) is 2. The van der Waals surface area contributed by atoms with E-state index in [1.807, 2.05) is 0 Å². The second-order valence-electron chi connectivity index (χ2n) is 5.97. The first-order valence-electron chi connectivity index (χ1n) is 7.17. The van der Waals surface area contributed by atoms with Gasteiger partial charge in [0.1, 0.15) is 0 Å². The van der Waals surface area contributed by atoms with Crippen LogP contribution in [0, 0.1) is 5.92 Å². The molecule has 4 nitrogen and oxygen atoms in total. The summed E-state index contributed by atoms with van der Waals surface area (Å²) in [6, 6.07) is 3.11. The van der Waals surface area contributed by atoms with E-state index in [0.717, 1.165) is 12.1 Å². The summed E-state index contributed by atoms with van der Waals surface area (Å²) in [5, 5.41) is 5.54. The Balaban J connectivity index is 1.83. The number of nitrogens with one attached hydrogen (secondary N) is 2. The Morgan fingerprint density at radius 1 is 1.35 bits per heavy atom. The summed E-state index contributed by atoms with van der Waals surface area (Å²) in [6.07, 6.45) is -3.33. The van der Waals surface area contributed by atoms with Gasteiger partial charge < -0.3 is 10.6 Å². The molecule has 3 rings (SSSR count). The summed E-state index contributed by atoms with van der Waals surface area (Å²) in [7, 11) is 0. The summed E-state index contributed by atoms with van der Waals surface area (Å²) in [4.78, 5) is 23.4. The van der Waals surface area contributed by atoms with Crippen molar-refractivity contribution in [2.24, 2.45) is 5.92 Å². The lowest BCUT2D eigenvalue weighted by molar-refractivity contribution is -0.137. The van der Waals surface area contributed by atoms with Crippen molar-refractivity contribution in [3.8, 4) is 0 Å². The van der Waals surface area contributed by atoms with Gasteiger partial charge in [0.15, 0.2) is 0 Å². The zero-order chi connectivity index (χ0) is 16.8. The SMILES string of the molecule is O=C1C[C@H](C(=O)NC2(c3cc(C(F)(F)F)ccc3Cl)CC2)CN1. The van der Waals surface area contributed by atoms with Crippen LogP contribution in [0.4, 0.5) is 13.2 Å². The number of rotatable bonds is 3. The smallest absolute Gasteiger partial charge is 0.355 e. The second kappa shape index (κ2) is 5.40. The number of carbonyl (C=O) groups excluding carboxylic acids is 2. The van der Waals surface area contributed by atoms with Crippen molar-refractivity contribution in [2.45, 2.75) is 31.0 Å². The monoisotopic (exact) mass is 346 g/mol. The molecule has 124 valence electrons. The van der Waals surface area contributed by atoms with Crippen LogP contribution in [0.1, 0.15) is 30.4 Å². The van der Waals surface area contributed by atoms with Gasteiger partial charge in [-0.3, -0.25) is 9.59 Å². The first-order chi connectivity index (χ1) is 10.7. The maximum Gasteiger partial charge on any atom is 0.416 e. The van der Waals surface area contributed by atoms with E-state index in [9.17, 15) is 22.8 Å². The molecule has 0 bridgehead atoms. The predicted molar refractivity (Wildman–Crippen MR) is 76.6 cm³/mol. The molecule has 1 atom stereocenters. The van der Waals surface area contributed by atoms with E-state index >= 15 is 0 Å². The quantitative estimate of drug-likeness (QED) is 0.884. The highest BCUT2D eigenvalue weighted by atomic mass is 35.5. The van der Waals surface area contributed by atoms with Gasteiger partial charge in [-0.2, -0.15) is 13.2 Å². The zero-order valence-corrected chi connectivity index (χ0v) is 12.7. The molecule has 1 saturated carbocycles. The Morgan fingerprint density at radius 2 is 2.04 bits per heavy atom. The van der Waals surface area contributed by atoms with Crippen LogP contribution in [0.15, 0.2) is 18.2 Å². The third-order valence-electron chi connectivity index (χ3n) is 4.27. The van der Waals surface area contributed by atoms with Crippen LogP contribution in [0.5, 0.6) is 0 Å². The van der Waals surface area contributed by atoms with Crippen LogP contribution in [-0.4, -0.2) is 18.4 Å². The number of hydrogen-bond donors (Lipinski definition) is 2. The standard InChI is InChI=1S/C15H14ClF3N2O2/c16-11-2-1-9(15(17,18)19)6-10(11)14(3-4-14)21-13(23)8-5-12(22)20-7-8/h1-2,6,8H,3-5,7H2,(H,20,22)(H,21,23)/t8-/m0/s1. The molecule has 0 unspecified atom stereocenters. The minimum atomic E-state index is -4.47. The summed E-state index contributed by atoms with van der Waals surface area (Å²) in [6.45, 7) is 0.247. The van der Waals surface area contributed by atoms with E-state index < -0.39 is 23.2 Å². The van der Waals surface area contributed by atoms with Crippen molar-refractivity contribution in [1.29, 1.82) is 0 Å². The molecule has 2 aliphatic rings. The minimum absolute atomic E-state index is 0.0955. The van der Waals surface area contributed by atoms with Gasteiger partial charge in [-0.05, 0) is 36.6 Å². The fraction of sp³-hybridized carbons (Fsp3) is 0.467. The van der Waals surface area contributed by atoms with E-state index in [4.69, 9.17) is 11.6 Å². The van der Waals surface area contributed by atoms with Crippen LogP contribution >= 0.6 is 11.6 Å². The summed E-state index contributed by atoms with van der Waals surface area (Å²) < 4.78 is 38.6. The van der Waals surface area contributed by atoms with E-state index in [-0.39, 0.29) is 35.4 Å². The Kier molecular flexibility index (Phi) is 3.78. The molecule has 1 aromatic carbocycles. The fourth-order valence-electron chi connectivity index (χ4n) is 2.78. The highest BCUT2D eigenvalue weighted by molar-refractivity contribution is 6.31. The summed E-state index contributed by atoms with van der Waals surface area (Å²) >= 11 is 6.05. The van der Waals surface area contributed by atoms with Crippen molar-refractivity contribution in [3.05, 3.63) is 34.3 Å². The molecular weight excluding hydrogens is 333 g/mol. The normalized spacial score (nSPS) is 22.6. The highest BCUT2D eigenvalue weighted by Crippen LogP contribution is 2.49. The fourth-order valence-corrected chi connectivity index (χ4v) is 3.08. The summed E-state index contributed by atoms with van der Waals surface area (Å²) in [5.74, 6) is -1.04. The molecule has 0 spiro atoms. The molecule has 2 N–H and O–H groups in total. The molecular formula is C15H14ClF3N2O2. The Labute approximate surface area is 135 Å². The van der Waals surface area contributed by atoms with E-state index in [1.54, 1.807) is 0 Å². The second-order valence-corrected chi connectivity index (χ2v) is 6.38. The van der Waals surface area contributed by atoms with Gasteiger partial charge in [-0.15, -0.1) is 0 Å². The van der Waals surface area contributed by atoms with Crippen molar-refractivity contribution in [1.82, 2.24) is 10.6 Å². The molecule has 2 fully saturated rings. The molecule has 0 aromatic heterocycles. The van der Waals surface area contributed by atoms with Crippen molar-refractivity contribution in [3.63, 3.8) is 0 Å². The number of benzene rings is 1. The van der Waals surface area contributed by atoms with Gasteiger partial charge in [-0.1, -0.05) is 11.6 Å². The topological polar surface area (TPSA) is 58.2 Å². The van der Waals surface area contributed by atoms with Crippen LogP contribution in [-0.2, 0) is 21.3 Å². The average molecular weight is 347 g/mol. The summed E-state index contributed by atoms with van der Waals surface area (Å²) in [5.41, 5.74) is -1.38. The number of carbonyl (C=O) groups is 2.